The van der Waals surface area contributed by atoms with E-state index in [2.05, 4.69) is 21.3 Å². The Morgan fingerprint density at radius 1 is 1.12 bits per heavy atom. The zero-order valence-corrected chi connectivity index (χ0v) is 25.5. The monoisotopic (exact) mass is 596 g/mol. The minimum atomic E-state index is -1.10. The maximum Gasteiger partial charge on any atom is 0.337 e. The fraction of sp³-hybridized carbons (Fsp3) is 0.419. The molecule has 10 nitrogen and oxygen atoms in total. The van der Waals surface area contributed by atoms with Gasteiger partial charge in [-0.25, -0.2) is 10.3 Å². The molecular formula is C31H37ClN4O6. The first-order chi connectivity index (χ1) is 20.1. The minimum Gasteiger partial charge on any atom is -0.493 e. The predicted octanol–water partition coefficient (Wildman–Crippen LogP) is 5.23. The summed E-state index contributed by atoms with van der Waals surface area (Å²) in [6.45, 7) is 6.17. The molecule has 2 aromatic carbocycles. The number of carbonyl (C=O) groups is 1. The van der Waals surface area contributed by atoms with E-state index in [1.165, 1.54) is 7.11 Å². The number of halogens is 1. The molecule has 0 radical (unpaired) electrons. The molecule has 0 fully saturated rings. The zero-order chi connectivity index (χ0) is 30.1. The molecule has 0 saturated heterocycles. The predicted molar refractivity (Wildman–Crippen MR) is 159 cm³/mol. The highest BCUT2D eigenvalue weighted by atomic mass is 35.5. The number of nitrogens with one attached hydrogen (secondary N) is 1. The first-order valence-electron chi connectivity index (χ1n) is 13.7. The Hall–Kier alpha value is -3.57. The number of hydrogen-bond donors (Lipinski definition) is 1. The summed E-state index contributed by atoms with van der Waals surface area (Å²) < 4.78 is 31.5. The first-order valence-corrected chi connectivity index (χ1v) is 14.1. The highest BCUT2D eigenvalue weighted by molar-refractivity contribution is 6.30. The Balaban J connectivity index is 1.45. The number of fused-ring (bicyclic) bond motifs is 3. The van der Waals surface area contributed by atoms with Gasteiger partial charge in [0.05, 0.1) is 51.1 Å². The molecule has 0 spiro atoms. The molecule has 1 N–H and O–H groups in total. The van der Waals surface area contributed by atoms with Gasteiger partial charge in [-0.3, -0.25) is 0 Å². The van der Waals surface area contributed by atoms with E-state index in [9.17, 15) is 4.79 Å². The third-order valence-corrected chi connectivity index (χ3v) is 8.05. The maximum atomic E-state index is 12.2. The third kappa shape index (κ3) is 5.59. The number of benzene rings is 2. The summed E-state index contributed by atoms with van der Waals surface area (Å²) in [4.78, 5) is 12.2. The van der Waals surface area contributed by atoms with Gasteiger partial charge in [0.1, 0.15) is 12.2 Å². The standard InChI is InChI=1S/C31H37ClN4O6/c1-30(2,29(37)40-6)41-19-31(3)18-33-34-36(31)16-14-25-24-10-8-15-35(24)23-13-12-20(32)17-22(23)27(42-25)21-9-7-11-26(38-4)28(21)39-5/h7-13,15,17-18,25,27,34H,14,16,19H2,1-6H3/t25-,27-,31?/m1/s1. The molecule has 2 aliphatic rings. The van der Waals surface area contributed by atoms with E-state index in [1.54, 1.807) is 34.3 Å². The number of methoxy groups -OCH3 is 3. The van der Waals surface area contributed by atoms with Crippen molar-refractivity contribution in [1.82, 2.24) is 15.1 Å². The Morgan fingerprint density at radius 3 is 2.67 bits per heavy atom. The van der Waals surface area contributed by atoms with Crippen LogP contribution in [-0.4, -0.2) is 67.4 Å². The van der Waals surface area contributed by atoms with Gasteiger partial charge in [0.2, 0.25) is 0 Å². The van der Waals surface area contributed by atoms with Crippen LogP contribution in [0, 0.1) is 0 Å². The molecule has 2 aliphatic heterocycles. The molecular weight excluding hydrogens is 560 g/mol. The molecule has 42 heavy (non-hydrogen) atoms. The summed E-state index contributed by atoms with van der Waals surface area (Å²) in [5.41, 5.74) is 5.12. The van der Waals surface area contributed by atoms with Crippen LogP contribution < -0.4 is 15.0 Å². The van der Waals surface area contributed by atoms with Gasteiger partial charge in [-0.2, -0.15) is 10.1 Å². The molecule has 5 rings (SSSR count). The highest BCUT2D eigenvalue weighted by Crippen LogP contribution is 2.46. The van der Waals surface area contributed by atoms with Crippen molar-refractivity contribution < 1.29 is 28.5 Å². The lowest BCUT2D eigenvalue weighted by molar-refractivity contribution is -0.168. The van der Waals surface area contributed by atoms with E-state index >= 15 is 0 Å². The molecule has 3 aromatic rings. The second-order valence-corrected chi connectivity index (χ2v) is 11.5. The smallest absolute Gasteiger partial charge is 0.337 e. The van der Waals surface area contributed by atoms with Crippen molar-refractivity contribution in [2.75, 3.05) is 34.5 Å². The molecule has 0 amide bonds. The number of nitrogens with zero attached hydrogens (tertiary/aromatic N) is 3. The van der Waals surface area contributed by atoms with Crippen LogP contribution in [0.15, 0.2) is 59.8 Å². The van der Waals surface area contributed by atoms with E-state index in [4.69, 9.17) is 35.3 Å². The van der Waals surface area contributed by atoms with Crippen molar-refractivity contribution in [3.8, 4) is 17.2 Å². The van der Waals surface area contributed by atoms with E-state index in [0.29, 0.717) is 29.5 Å². The van der Waals surface area contributed by atoms with Gasteiger partial charge in [-0.1, -0.05) is 23.7 Å². The number of ether oxygens (including phenoxy) is 5. The quantitative estimate of drug-likeness (QED) is 0.318. The van der Waals surface area contributed by atoms with Crippen LogP contribution in [0.25, 0.3) is 5.69 Å². The Labute approximate surface area is 251 Å². The first kappa shape index (κ1) is 29.9. The summed E-state index contributed by atoms with van der Waals surface area (Å²) >= 11 is 6.53. The number of hydrogen-bond acceptors (Lipinski definition) is 9. The number of rotatable bonds is 10. The van der Waals surface area contributed by atoms with Gasteiger partial charge >= 0.3 is 5.97 Å². The zero-order valence-electron chi connectivity index (χ0n) is 24.7. The number of carbonyl (C=O) groups excluding carboxylic acids is 1. The van der Waals surface area contributed by atoms with Crippen molar-refractivity contribution in [3.63, 3.8) is 0 Å². The molecule has 224 valence electrons. The van der Waals surface area contributed by atoms with E-state index in [0.717, 1.165) is 22.5 Å². The van der Waals surface area contributed by atoms with Crippen LogP contribution in [0.5, 0.6) is 11.5 Å². The van der Waals surface area contributed by atoms with Crippen molar-refractivity contribution in [3.05, 3.63) is 76.6 Å². The van der Waals surface area contributed by atoms with Crippen LogP contribution >= 0.6 is 11.6 Å². The second-order valence-electron chi connectivity index (χ2n) is 11.0. The molecule has 3 heterocycles. The Bertz CT molecular complexity index is 1470. The second kappa shape index (κ2) is 12.0. The Kier molecular flexibility index (Phi) is 8.52. The van der Waals surface area contributed by atoms with Crippen LogP contribution in [0.3, 0.4) is 0 Å². The summed E-state index contributed by atoms with van der Waals surface area (Å²) in [5.74, 6) is 0.785. The van der Waals surface area contributed by atoms with Crippen molar-refractivity contribution in [2.45, 2.75) is 50.5 Å². The van der Waals surface area contributed by atoms with Crippen LogP contribution in [-0.2, 0) is 19.0 Å². The van der Waals surface area contributed by atoms with Gasteiger partial charge in [0.15, 0.2) is 17.1 Å². The van der Waals surface area contributed by atoms with E-state index in [1.807, 2.05) is 60.6 Å². The highest BCUT2D eigenvalue weighted by Gasteiger charge is 2.40. The lowest BCUT2D eigenvalue weighted by atomic mass is 9.98. The van der Waals surface area contributed by atoms with Crippen LogP contribution in [0.2, 0.25) is 5.02 Å². The topological polar surface area (TPSA) is 95.8 Å². The Morgan fingerprint density at radius 2 is 1.93 bits per heavy atom. The van der Waals surface area contributed by atoms with Crippen LogP contribution in [0.4, 0.5) is 0 Å². The van der Waals surface area contributed by atoms with Crippen molar-refractivity contribution >= 4 is 23.8 Å². The largest absolute Gasteiger partial charge is 0.493 e. The van der Waals surface area contributed by atoms with E-state index in [-0.39, 0.29) is 12.7 Å². The third-order valence-electron chi connectivity index (χ3n) is 7.81. The van der Waals surface area contributed by atoms with Gasteiger partial charge < -0.3 is 28.3 Å². The number of para-hydroxylation sites is 1. The SMILES string of the molecule is COC(=O)C(C)(C)OCC1(C)C=NNN1CC[C@H]1O[C@H](c2cccc(OC)c2OC)c2cc(Cl)ccc2-n2cccc21. The molecule has 1 aromatic heterocycles. The summed E-state index contributed by atoms with van der Waals surface area (Å²) in [5, 5.41) is 6.91. The molecule has 11 heteroatoms. The average Bonchev–Trinajstić information content (AvgIpc) is 3.59. The molecule has 0 aliphatic carbocycles. The summed E-state index contributed by atoms with van der Waals surface area (Å²) in [6, 6.07) is 15.7. The number of esters is 1. The van der Waals surface area contributed by atoms with Gasteiger partial charge in [0, 0.05) is 28.9 Å². The normalized spacial score (nSPS) is 21.7. The summed E-state index contributed by atoms with van der Waals surface area (Å²) in [7, 11) is 4.59. The molecule has 3 atom stereocenters. The number of hydrazine groups is 1. The number of hydrazone groups is 1. The van der Waals surface area contributed by atoms with Crippen molar-refractivity contribution in [2.24, 2.45) is 5.10 Å². The number of aromatic nitrogens is 1. The van der Waals surface area contributed by atoms with Gasteiger partial charge in [-0.15, -0.1) is 0 Å². The molecule has 0 bridgehead atoms. The average molecular weight is 597 g/mol. The fourth-order valence-electron chi connectivity index (χ4n) is 5.43. The summed E-state index contributed by atoms with van der Waals surface area (Å²) in [6.07, 6.45) is 3.63. The lowest BCUT2D eigenvalue weighted by Gasteiger charge is -2.35. The van der Waals surface area contributed by atoms with Gasteiger partial charge in [0.25, 0.3) is 0 Å². The lowest BCUT2D eigenvalue weighted by Crippen LogP contribution is -2.54. The molecule has 0 saturated carbocycles. The molecule has 1 unspecified atom stereocenters. The van der Waals surface area contributed by atoms with E-state index < -0.39 is 23.2 Å². The minimum absolute atomic E-state index is 0.223. The maximum absolute atomic E-state index is 12.2. The van der Waals surface area contributed by atoms with Crippen molar-refractivity contribution in [1.29, 1.82) is 0 Å². The van der Waals surface area contributed by atoms with Gasteiger partial charge in [-0.05, 0) is 63.6 Å². The van der Waals surface area contributed by atoms with Crippen LogP contribution in [0.1, 0.15) is 56.2 Å². The fourth-order valence-corrected chi connectivity index (χ4v) is 5.61.